The SMILES string of the molecule is Cc1cc(C(=O)NCc2cccc(Oc3ccccc3F)c2)n(C)n1. The average molecular weight is 339 g/mol. The summed E-state index contributed by atoms with van der Waals surface area (Å²) < 4.78 is 20.8. The maximum absolute atomic E-state index is 13.7. The summed E-state index contributed by atoms with van der Waals surface area (Å²) in [6, 6.07) is 15.1. The minimum Gasteiger partial charge on any atom is -0.454 e. The molecule has 0 aliphatic rings. The van der Waals surface area contributed by atoms with Gasteiger partial charge < -0.3 is 10.1 Å². The highest BCUT2D eigenvalue weighted by Crippen LogP contribution is 2.24. The van der Waals surface area contributed by atoms with E-state index >= 15 is 0 Å². The van der Waals surface area contributed by atoms with Crippen LogP contribution in [-0.4, -0.2) is 15.7 Å². The zero-order valence-electron chi connectivity index (χ0n) is 14.0. The molecule has 1 heterocycles. The molecule has 0 radical (unpaired) electrons. The van der Waals surface area contributed by atoms with E-state index < -0.39 is 5.82 Å². The number of ether oxygens (including phenoxy) is 1. The lowest BCUT2D eigenvalue weighted by atomic mass is 10.2. The predicted octanol–water partition coefficient (Wildman–Crippen LogP) is 3.59. The zero-order valence-corrected chi connectivity index (χ0v) is 14.0. The highest BCUT2D eigenvalue weighted by molar-refractivity contribution is 5.92. The van der Waals surface area contributed by atoms with E-state index in [1.807, 2.05) is 13.0 Å². The van der Waals surface area contributed by atoms with Crippen LogP contribution in [0.5, 0.6) is 11.5 Å². The zero-order chi connectivity index (χ0) is 17.8. The fourth-order valence-electron chi connectivity index (χ4n) is 2.47. The van der Waals surface area contributed by atoms with Crippen LogP contribution in [0.3, 0.4) is 0 Å². The third kappa shape index (κ3) is 4.03. The Morgan fingerprint density at radius 3 is 2.72 bits per heavy atom. The first-order chi connectivity index (χ1) is 12.0. The number of hydrogen-bond acceptors (Lipinski definition) is 3. The monoisotopic (exact) mass is 339 g/mol. The van der Waals surface area contributed by atoms with Crippen LogP contribution in [0.2, 0.25) is 0 Å². The number of benzene rings is 2. The number of carbonyl (C=O) groups is 1. The van der Waals surface area contributed by atoms with Crippen LogP contribution in [0.15, 0.2) is 54.6 Å². The molecule has 3 rings (SSSR count). The first-order valence-corrected chi connectivity index (χ1v) is 7.83. The minimum absolute atomic E-state index is 0.161. The van der Waals surface area contributed by atoms with Gasteiger partial charge in [0.2, 0.25) is 0 Å². The molecule has 1 amide bonds. The van der Waals surface area contributed by atoms with E-state index in [0.717, 1.165) is 11.3 Å². The molecule has 2 aromatic carbocycles. The standard InChI is InChI=1S/C19H18FN3O2/c1-13-10-17(23(2)22-13)19(24)21-12-14-6-5-7-15(11-14)25-18-9-4-3-8-16(18)20/h3-11H,12H2,1-2H3,(H,21,24). The third-order valence-electron chi connectivity index (χ3n) is 3.65. The quantitative estimate of drug-likeness (QED) is 0.773. The molecule has 0 saturated heterocycles. The molecule has 5 nitrogen and oxygen atoms in total. The molecule has 0 aliphatic carbocycles. The second kappa shape index (κ2) is 7.17. The largest absolute Gasteiger partial charge is 0.454 e. The normalized spacial score (nSPS) is 10.5. The molecule has 0 bridgehead atoms. The number of rotatable bonds is 5. The topological polar surface area (TPSA) is 56.1 Å². The molecule has 0 aliphatic heterocycles. The number of halogens is 1. The fourth-order valence-corrected chi connectivity index (χ4v) is 2.47. The Hall–Kier alpha value is -3.15. The lowest BCUT2D eigenvalue weighted by Gasteiger charge is -2.09. The number of amides is 1. The van der Waals surface area contributed by atoms with Gasteiger partial charge in [-0.3, -0.25) is 9.48 Å². The van der Waals surface area contributed by atoms with Crippen molar-refractivity contribution in [3.8, 4) is 11.5 Å². The summed E-state index contributed by atoms with van der Waals surface area (Å²) in [7, 11) is 1.73. The first kappa shape index (κ1) is 16.7. The number of nitrogens with zero attached hydrogens (tertiary/aromatic N) is 2. The second-order valence-corrected chi connectivity index (χ2v) is 5.66. The average Bonchev–Trinajstić information content (AvgIpc) is 2.94. The van der Waals surface area contributed by atoms with Crippen molar-refractivity contribution in [3.05, 3.63) is 77.4 Å². The lowest BCUT2D eigenvalue weighted by molar-refractivity contribution is 0.0941. The number of hydrogen-bond donors (Lipinski definition) is 1. The number of para-hydroxylation sites is 1. The second-order valence-electron chi connectivity index (χ2n) is 5.66. The molecular weight excluding hydrogens is 321 g/mol. The van der Waals surface area contributed by atoms with Crippen LogP contribution >= 0.6 is 0 Å². The summed E-state index contributed by atoms with van der Waals surface area (Å²) in [4.78, 5) is 12.2. The minimum atomic E-state index is -0.423. The molecule has 128 valence electrons. The number of nitrogens with one attached hydrogen (secondary N) is 1. The summed E-state index contributed by atoms with van der Waals surface area (Å²) in [6.45, 7) is 2.16. The van der Waals surface area contributed by atoms with Gasteiger partial charge in [0.15, 0.2) is 11.6 Å². The van der Waals surface area contributed by atoms with Crippen LogP contribution in [-0.2, 0) is 13.6 Å². The van der Waals surface area contributed by atoms with Crippen molar-refractivity contribution in [2.45, 2.75) is 13.5 Å². The molecule has 6 heteroatoms. The fraction of sp³-hybridized carbons (Fsp3) is 0.158. The van der Waals surface area contributed by atoms with Crippen LogP contribution < -0.4 is 10.1 Å². The van der Waals surface area contributed by atoms with Gasteiger partial charge in [-0.15, -0.1) is 0 Å². The van der Waals surface area contributed by atoms with Crippen molar-refractivity contribution >= 4 is 5.91 Å². The van der Waals surface area contributed by atoms with E-state index in [1.165, 1.54) is 6.07 Å². The maximum Gasteiger partial charge on any atom is 0.269 e. The summed E-state index contributed by atoms with van der Waals surface area (Å²) in [5, 5.41) is 7.00. The summed E-state index contributed by atoms with van der Waals surface area (Å²) in [5.41, 5.74) is 2.13. The van der Waals surface area contributed by atoms with Crippen LogP contribution in [0.4, 0.5) is 4.39 Å². The van der Waals surface area contributed by atoms with Gasteiger partial charge in [-0.1, -0.05) is 24.3 Å². The number of aromatic nitrogens is 2. The smallest absolute Gasteiger partial charge is 0.269 e. The van der Waals surface area contributed by atoms with Crippen molar-refractivity contribution in [2.24, 2.45) is 7.05 Å². The van der Waals surface area contributed by atoms with E-state index in [-0.39, 0.29) is 11.7 Å². The third-order valence-corrected chi connectivity index (χ3v) is 3.65. The Balaban J connectivity index is 1.67. The predicted molar refractivity (Wildman–Crippen MR) is 92.0 cm³/mol. The molecule has 0 unspecified atom stereocenters. The molecule has 0 saturated carbocycles. The molecule has 0 atom stereocenters. The number of carbonyl (C=O) groups excluding carboxylic acids is 1. The van der Waals surface area contributed by atoms with Crippen LogP contribution in [0.25, 0.3) is 0 Å². The summed E-state index contributed by atoms with van der Waals surface area (Å²) in [6.07, 6.45) is 0. The Morgan fingerprint density at radius 1 is 1.20 bits per heavy atom. The van der Waals surface area contributed by atoms with Gasteiger partial charge >= 0.3 is 0 Å². The van der Waals surface area contributed by atoms with Gasteiger partial charge in [-0.2, -0.15) is 5.10 Å². The number of aryl methyl sites for hydroxylation is 2. The van der Waals surface area contributed by atoms with Gasteiger partial charge in [0, 0.05) is 13.6 Å². The van der Waals surface area contributed by atoms with Gasteiger partial charge in [-0.25, -0.2) is 4.39 Å². The molecule has 0 spiro atoms. The first-order valence-electron chi connectivity index (χ1n) is 7.83. The molecule has 3 aromatic rings. The summed E-state index contributed by atoms with van der Waals surface area (Å²) in [5.74, 6) is 0.0404. The van der Waals surface area contributed by atoms with E-state index in [1.54, 1.807) is 54.2 Å². The van der Waals surface area contributed by atoms with Crippen molar-refractivity contribution in [2.75, 3.05) is 0 Å². The summed E-state index contributed by atoms with van der Waals surface area (Å²) >= 11 is 0. The van der Waals surface area contributed by atoms with E-state index in [2.05, 4.69) is 10.4 Å². The Morgan fingerprint density at radius 2 is 2.00 bits per heavy atom. The molecule has 25 heavy (non-hydrogen) atoms. The van der Waals surface area contributed by atoms with Gasteiger partial charge in [0.05, 0.1) is 5.69 Å². The Kier molecular flexibility index (Phi) is 4.79. The maximum atomic E-state index is 13.7. The van der Waals surface area contributed by atoms with Gasteiger partial charge in [0.1, 0.15) is 11.4 Å². The van der Waals surface area contributed by atoms with Gasteiger partial charge in [-0.05, 0) is 42.8 Å². The van der Waals surface area contributed by atoms with Crippen molar-refractivity contribution in [3.63, 3.8) is 0 Å². The van der Waals surface area contributed by atoms with Crippen molar-refractivity contribution < 1.29 is 13.9 Å². The highest BCUT2D eigenvalue weighted by atomic mass is 19.1. The van der Waals surface area contributed by atoms with Gasteiger partial charge in [0.25, 0.3) is 5.91 Å². The Labute approximate surface area is 145 Å². The highest BCUT2D eigenvalue weighted by Gasteiger charge is 2.11. The van der Waals surface area contributed by atoms with E-state index in [4.69, 9.17) is 4.74 Å². The van der Waals surface area contributed by atoms with Crippen LogP contribution in [0, 0.1) is 12.7 Å². The van der Waals surface area contributed by atoms with Crippen molar-refractivity contribution in [1.29, 1.82) is 0 Å². The molecule has 1 aromatic heterocycles. The van der Waals surface area contributed by atoms with Crippen molar-refractivity contribution in [1.82, 2.24) is 15.1 Å². The van der Waals surface area contributed by atoms with E-state index in [9.17, 15) is 9.18 Å². The lowest BCUT2D eigenvalue weighted by Crippen LogP contribution is -2.25. The van der Waals surface area contributed by atoms with Crippen LogP contribution in [0.1, 0.15) is 21.7 Å². The molecule has 0 fully saturated rings. The molecule has 1 N–H and O–H groups in total. The molecular formula is C19H18FN3O2. The Bertz CT molecular complexity index is 905. The van der Waals surface area contributed by atoms with E-state index in [0.29, 0.717) is 18.0 Å².